The normalized spacial score (nSPS) is 16.5. The summed E-state index contributed by atoms with van der Waals surface area (Å²) in [6, 6.07) is 19.6. The highest BCUT2D eigenvalue weighted by molar-refractivity contribution is 7.90. The molecule has 0 aromatic heterocycles. The zero-order valence-corrected chi connectivity index (χ0v) is 23.6. The van der Waals surface area contributed by atoms with Crippen LogP contribution in [0.4, 0.5) is 11.4 Å². The zero-order chi connectivity index (χ0) is 27.6. The van der Waals surface area contributed by atoms with Gasteiger partial charge in [-0.15, -0.1) is 0 Å². The van der Waals surface area contributed by atoms with Crippen LogP contribution < -0.4 is 15.4 Å². The third-order valence-corrected chi connectivity index (χ3v) is 9.17. The molecular formula is C30H33ClN4O3S. The first kappa shape index (κ1) is 27.2. The average Bonchev–Trinajstić information content (AvgIpc) is 3.39. The predicted molar refractivity (Wildman–Crippen MR) is 158 cm³/mol. The van der Waals surface area contributed by atoms with Crippen molar-refractivity contribution in [3.05, 3.63) is 94.0 Å². The Balaban J connectivity index is 1.17. The molecule has 1 aliphatic heterocycles. The van der Waals surface area contributed by atoms with Crippen molar-refractivity contribution in [1.82, 2.24) is 9.62 Å². The Bertz CT molecular complexity index is 1490. The summed E-state index contributed by atoms with van der Waals surface area (Å²) >= 11 is 6.08. The van der Waals surface area contributed by atoms with Gasteiger partial charge < -0.3 is 10.6 Å². The van der Waals surface area contributed by atoms with Crippen molar-refractivity contribution in [3.63, 3.8) is 0 Å². The molecule has 3 N–H and O–H groups in total. The number of sulfonamides is 1. The molecule has 7 nitrogen and oxygen atoms in total. The fourth-order valence-corrected chi connectivity index (χ4v) is 6.48. The number of allylic oxidation sites excluding steroid dienone is 1. The minimum absolute atomic E-state index is 0.00527. The molecule has 1 heterocycles. The van der Waals surface area contributed by atoms with Crippen molar-refractivity contribution in [2.75, 3.05) is 43.4 Å². The lowest BCUT2D eigenvalue weighted by Crippen LogP contribution is -2.47. The summed E-state index contributed by atoms with van der Waals surface area (Å²) in [4.78, 5) is 17.5. The Morgan fingerprint density at radius 3 is 2.31 bits per heavy atom. The van der Waals surface area contributed by atoms with Crippen LogP contribution in [0.15, 0.2) is 77.2 Å². The molecule has 5 rings (SSSR count). The number of piperazine rings is 1. The topological polar surface area (TPSA) is 95.7 Å². The predicted octanol–water partition coefficient (Wildman–Crippen LogP) is 5.11. The maximum atomic E-state index is 12.7. The van der Waals surface area contributed by atoms with E-state index in [0.29, 0.717) is 11.3 Å². The van der Waals surface area contributed by atoms with Crippen LogP contribution in [0.2, 0.25) is 5.02 Å². The van der Waals surface area contributed by atoms with Gasteiger partial charge in [0.2, 0.25) is 0 Å². The molecule has 39 heavy (non-hydrogen) atoms. The van der Waals surface area contributed by atoms with Crippen LogP contribution in [0.1, 0.15) is 40.7 Å². The van der Waals surface area contributed by atoms with E-state index in [0.717, 1.165) is 56.3 Å². The van der Waals surface area contributed by atoms with Crippen LogP contribution in [0.25, 0.3) is 5.57 Å². The number of benzene rings is 3. The quantitative estimate of drug-likeness (QED) is 0.387. The molecule has 1 aliphatic carbocycles. The monoisotopic (exact) mass is 564 g/mol. The molecular weight excluding hydrogens is 532 g/mol. The number of hydrogen-bond acceptors (Lipinski definition) is 6. The first-order valence-corrected chi connectivity index (χ1v) is 15.0. The number of nitrogens with two attached hydrogens (primary N) is 1. The Kier molecular flexibility index (Phi) is 7.98. The van der Waals surface area contributed by atoms with Gasteiger partial charge in [0.05, 0.1) is 4.90 Å². The smallest absolute Gasteiger partial charge is 0.264 e. The number of nitrogens with zero attached hydrogens (tertiary/aromatic N) is 2. The molecule has 1 saturated heterocycles. The van der Waals surface area contributed by atoms with Gasteiger partial charge in [0, 0.05) is 54.7 Å². The van der Waals surface area contributed by atoms with Gasteiger partial charge in [-0.05, 0) is 97.5 Å². The Morgan fingerprint density at radius 2 is 1.64 bits per heavy atom. The Labute approximate surface area is 235 Å². The van der Waals surface area contributed by atoms with E-state index >= 15 is 0 Å². The fraction of sp³-hybridized carbons (Fsp3) is 0.300. The molecule has 0 bridgehead atoms. The summed E-state index contributed by atoms with van der Waals surface area (Å²) < 4.78 is 27.5. The van der Waals surface area contributed by atoms with Crippen LogP contribution >= 0.6 is 11.6 Å². The van der Waals surface area contributed by atoms with Gasteiger partial charge >= 0.3 is 0 Å². The van der Waals surface area contributed by atoms with Crippen molar-refractivity contribution in [3.8, 4) is 0 Å². The second kappa shape index (κ2) is 11.4. The highest BCUT2D eigenvalue weighted by Crippen LogP contribution is 2.35. The molecule has 1 amide bonds. The van der Waals surface area contributed by atoms with Crippen LogP contribution in [0, 0.1) is 6.92 Å². The number of carbonyl (C=O) groups is 1. The molecule has 0 unspecified atom stereocenters. The second-order valence-electron chi connectivity index (χ2n) is 10.2. The standard InChI is InChI=1S/C30H33ClN4O3S/c1-21-19-27(13-14-29(21)32)39(37,38)33-30(36)23-7-11-26(12-8-23)35-17-15-34(16-18-35)20-24-3-2-4-28(24)22-5-9-25(31)10-6-22/h5-14,19H,2-4,15-18,20,32H2,1H3,(H,33,36). The lowest BCUT2D eigenvalue weighted by molar-refractivity contribution is 0.0981. The highest BCUT2D eigenvalue weighted by atomic mass is 35.5. The molecule has 0 spiro atoms. The van der Waals surface area contributed by atoms with Crippen LogP contribution in [0.5, 0.6) is 0 Å². The third kappa shape index (κ3) is 6.30. The van der Waals surface area contributed by atoms with Gasteiger partial charge in [-0.2, -0.15) is 0 Å². The molecule has 0 saturated carbocycles. The number of hydrogen-bond donors (Lipinski definition) is 2. The molecule has 1 fully saturated rings. The van der Waals surface area contributed by atoms with E-state index in [9.17, 15) is 13.2 Å². The SMILES string of the molecule is Cc1cc(S(=O)(=O)NC(=O)c2ccc(N3CCN(CC4=C(c5ccc(Cl)cc5)CCC4)CC3)cc2)ccc1N. The van der Waals surface area contributed by atoms with Crippen molar-refractivity contribution in [2.45, 2.75) is 31.1 Å². The molecule has 9 heteroatoms. The number of rotatable bonds is 7. The minimum atomic E-state index is -4.00. The molecule has 3 aromatic rings. The highest BCUT2D eigenvalue weighted by Gasteiger charge is 2.23. The fourth-order valence-electron chi connectivity index (χ4n) is 5.29. The molecule has 2 aliphatic rings. The number of amides is 1. The first-order chi connectivity index (χ1) is 18.7. The number of carbonyl (C=O) groups excluding carboxylic acids is 1. The third-order valence-electron chi connectivity index (χ3n) is 7.58. The second-order valence-corrected chi connectivity index (χ2v) is 12.3. The number of nitrogens with one attached hydrogen (secondary N) is 1. The molecule has 204 valence electrons. The van der Waals surface area contributed by atoms with Crippen LogP contribution in [-0.4, -0.2) is 51.9 Å². The van der Waals surface area contributed by atoms with Crippen LogP contribution in [-0.2, 0) is 10.0 Å². The summed E-state index contributed by atoms with van der Waals surface area (Å²) in [5.41, 5.74) is 12.5. The summed E-state index contributed by atoms with van der Waals surface area (Å²) in [5.74, 6) is -0.665. The van der Waals surface area contributed by atoms with Crippen molar-refractivity contribution in [1.29, 1.82) is 0 Å². The summed E-state index contributed by atoms with van der Waals surface area (Å²) in [7, 11) is -4.00. The summed E-state index contributed by atoms with van der Waals surface area (Å²) in [6.45, 7) is 6.41. The summed E-state index contributed by atoms with van der Waals surface area (Å²) in [6.07, 6.45) is 3.47. The van der Waals surface area contributed by atoms with E-state index in [-0.39, 0.29) is 10.5 Å². The largest absolute Gasteiger partial charge is 0.399 e. The number of nitrogen functional groups attached to an aromatic ring is 1. The van der Waals surface area contributed by atoms with Gasteiger partial charge in [-0.3, -0.25) is 9.69 Å². The van der Waals surface area contributed by atoms with Crippen molar-refractivity contribution < 1.29 is 13.2 Å². The zero-order valence-electron chi connectivity index (χ0n) is 22.0. The van der Waals surface area contributed by atoms with E-state index in [4.69, 9.17) is 17.3 Å². The van der Waals surface area contributed by atoms with E-state index in [1.807, 2.05) is 24.3 Å². The lowest BCUT2D eigenvalue weighted by Gasteiger charge is -2.36. The van der Waals surface area contributed by atoms with Crippen LogP contribution in [0.3, 0.4) is 0 Å². The Morgan fingerprint density at radius 1 is 0.949 bits per heavy atom. The maximum Gasteiger partial charge on any atom is 0.264 e. The van der Waals surface area contributed by atoms with Gasteiger partial charge in [0.25, 0.3) is 15.9 Å². The van der Waals surface area contributed by atoms with E-state index < -0.39 is 15.9 Å². The lowest BCUT2D eigenvalue weighted by atomic mass is 10.0. The average molecular weight is 565 g/mol. The first-order valence-electron chi connectivity index (χ1n) is 13.2. The van der Waals surface area contributed by atoms with Gasteiger partial charge in [-0.1, -0.05) is 29.3 Å². The van der Waals surface area contributed by atoms with E-state index in [1.54, 1.807) is 19.1 Å². The van der Waals surface area contributed by atoms with Crippen molar-refractivity contribution in [2.24, 2.45) is 0 Å². The van der Waals surface area contributed by atoms with Gasteiger partial charge in [-0.25, -0.2) is 13.1 Å². The number of halogens is 1. The Hall–Kier alpha value is -3.33. The maximum absolute atomic E-state index is 12.7. The summed E-state index contributed by atoms with van der Waals surface area (Å²) in [5, 5.41) is 0.766. The molecule has 3 aromatic carbocycles. The van der Waals surface area contributed by atoms with Gasteiger partial charge in [0.15, 0.2) is 0 Å². The minimum Gasteiger partial charge on any atom is -0.399 e. The number of aryl methyl sites for hydroxylation is 1. The van der Waals surface area contributed by atoms with Gasteiger partial charge in [0.1, 0.15) is 0 Å². The van der Waals surface area contributed by atoms with E-state index in [2.05, 4.69) is 26.7 Å². The van der Waals surface area contributed by atoms with E-state index in [1.165, 1.54) is 41.3 Å². The molecule has 0 atom stereocenters. The number of anilines is 2. The molecule has 0 radical (unpaired) electrons. The van der Waals surface area contributed by atoms with Crippen molar-refractivity contribution >= 4 is 44.5 Å².